The molecule has 1 amide bonds. The number of hydrogen-bond acceptors (Lipinski definition) is 4. The molecule has 27 heavy (non-hydrogen) atoms. The monoisotopic (exact) mass is 367 g/mol. The molecule has 1 fully saturated rings. The van der Waals surface area contributed by atoms with Gasteiger partial charge in [0.1, 0.15) is 12.5 Å². The van der Waals surface area contributed by atoms with Crippen molar-refractivity contribution < 1.29 is 9.53 Å². The summed E-state index contributed by atoms with van der Waals surface area (Å²) in [7, 11) is 0. The van der Waals surface area contributed by atoms with Crippen LogP contribution in [-0.4, -0.2) is 42.2 Å². The second-order valence-corrected chi connectivity index (χ2v) is 8.02. The predicted octanol–water partition coefficient (Wildman–Crippen LogP) is 2.78. The molecule has 1 saturated heterocycles. The van der Waals surface area contributed by atoms with Crippen LogP contribution in [0.25, 0.3) is 0 Å². The molecule has 3 rings (SSSR count). The minimum Gasteiger partial charge on any atom is -0.478 e. The minimum absolute atomic E-state index is 0.106. The van der Waals surface area contributed by atoms with Crippen molar-refractivity contribution in [2.45, 2.75) is 38.8 Å². The van der Waals surface area contributed by atoms with E-state index in [-0.39, 0.29) is 5.54 Å². The van der Waals surface area contributed by atoms with E-state index in [2.05, 4.69) is 43.1 Å². The maximum absolute atomic E-state index is 11.2. The van der Waals surface area contributed by atoms with Gasteiger partial charge in [-0.15, -0.1) is 0 Å². The van der Waals surface area contributed by atoms with Crippen LogP contribution in [0.5, 0.6) is 5.75 Å². The molecule has 1 aliphatic heterocycles. The Labute approximate surface area is 161 Å². The first-order chi connectivity index (χ1) is 12.8. The molecule has 0 saturated carbocycles. The van der Waals surface area contributed by atoms with Crippen LogP contribution in [0.2, 0.25) is 0 Å². The van der Waals surface area contributed by atoms with Gasteiger partial charge in [0.2, 0.25) is 5.91 Å². The van der Waals surface area contributed by atoms with Crippen molar-refractivity contribution >= 4 is 5.91 Å². The van der Waals surface area contributed by atoms with E-state index in [0.717, 1.165) is 30.8 Å². The van der Waals surface area contributed by atoms with Crippen molar-refractivity contribution in [2.75, 3.05) is 19.8 Å². The molecule has 1 aliphatic rings. The fourth-order valence-electron chi connectivity index (χ4n) is 3.37. The normalized spacial score (nSPS) is 19.6. The average Bonchev–Trinajstić information content (AvgIpc) is 2.63. The summed E-state index contributed by atoms with van der Waals surface area (Å²) >= 11 is 0. The maximum atomic E-state index is 11.2. The Balaban J connectivity index is 1.61. The number of benzene rings is 2. The van der Waals surface area contributed by atoms with Gasteiger partial charge in [-0.1, -0.05) is 24.3 Å². The first-order valence-corrected chi connectivity index (χ1v) is 9.42. The number of piperazine rings is 1. The van der Waals surface area contributed by atoms with Crippen molar-refractivity contribution in [3.63, 3.8) is 0 Å². The van der Waals surface area contributed by atoms with Crippen molar-refractivity contribution in [1.29, 1.82) is 0 Å². The highest BCUT2D eigenvalue weighted by molar-refractivity contribution is 5.92. The molecule has 144 valence electrons. The van der Waals surface area contributed by atoms with E-state index in [9.17, 15) is 4.79 Å². The highest BCUT2D eigenvalue weighted by atomic mass is 16.5. The van der Waals surface area contributed by atoms with Gasteiger partial charge in [0.15, 0.2) is 0 Å². The topological polar surface area (TPSA) is 67.6 Å². The van der Waals surface area contributed by atoms with Gasteiger partial charge in [0.25, 0.3) is 0 Å². The van der Waals surface area contributed by atoms with Crippen LogP contribution in [0.4, 0.5) is 0 Å². The lowest BCUT2D eigenvalue weighted by atomic mass is 10.00. The molecule has 2 aromatic carbocycles. The Bertz CT molecular complexity index is 786. The lowest BCUT2D eigenvalue weighted by Crippen LogP contribution is -2.61. The highest BCUT2D eigenvalue weighted by Gasteiger charge is 2.30. The third-order valence-corrected chi connectivity index (χ3v) is 5.04. The van der Waals surface area contributed by atoms with Crippen LogP contribution in [0, 0.1) is 0 Å². The Kier molecular flexibility index (Phi) is 5.82. The third-order valence-electron chi connectivity index (χ3n) is 5.04. The number of nitrogens with one attached hydrogen (secondary N) is 1. The van der Waals surface area contributed by atoms with Gasteiger partial charge in [0.05, 0.1) is 0 Å². The molecular weight excluding hydrogens is 338 g/mol. The molecule has 0 aliphatic carbocycles. The van der Waals surface area contributed by atoms with Gasteiger partial charge in [-0.2, -0.15) is 0 Å². The Morgan fingerprint density at radius 1 is 1.22 bits per heavy atom. The Morgan fingerprint density at radius 2 is 1.96 bits per heavy atom. The van der Waals surface area contributed by atoms with Gasteiger partial charge in [-0.25, -0.2) is 0 Å². The zero-order valence-electron chi connectivity index (χ0n) is 16.4. The quantitative estimate of drug-likeness (QED) is 0.824. The van der Waals surface area contributed by atoms with Gasteiger partial charge in [-0.05, 0) is 62.6 Å². The van der Waals surface area contributed by atoms with E-state index >= 15 is 0 Å². The summed E-state index contributed by atoms with van der Waals surface area (Å²) in [5, 5.41) is 3.56. The summed E-state index contributed by atoms with van der Waals surface area (Å²) in [5.74, 6) is 0.479. The van der Waals surface area contributed by atoms with E-state index in [0.29, 0.717) is 18.3 Å². The standard InChI is InChI=1S/C22H29N3O2/c1-16-13-24-22(2,3)14-25(16)15-27-20-6-4-5-18(12-20)11-17-7-9-19(10-8-17)21(23)26/h4-10,12,16,24H,11,13-15H2,1-3H3,(H2,23,26). The molecular formula is C22H29N3O2. The summed E-state index contributed by atoms with van der Waals surface area (Å²) < 4.78 is 6.08. The molecule has 5 nitrogen and oxygen atoms in total. The molecule has 0 spiro atoms. The number of amides is 1. The molecule has 5 heteroatoms. The third kappa shape index (κ3) is 5.31. The number of nitrogens with two attached hydrogens (primary N) is 1. The molecule has 2 aromatic rings. The van der Waals surface area contributed by atoms with Crippen molar-refractivity contribution in [3.05, 3.63) is 65.2 Å². The maximum Gasteiger partial charge on any atom is 0.248 e. The smallest absolute Gasteiger partial charge is 0.248 e. The summed E-state index contributed by atoms with van der Waals surface area (Å²) in [6, 6.07) is 16.1. The first kappa shape index (κ1) is 19.4. The van der Waals surface area contributed by atoms with Crippen LogP contribution in [0.3, 0.4) is 0 Å². The van der Waals surface area contributed by atoms with Crippen LogP contribution < -0.4 is 15.8 Å². The van der Waals surface area contributed by atoms with E-state index < -0.39 is 5.91 Å². The molecule has 3 N–H and O–H groups in total. The van der Waals surface area contributed by atoms with Crippen LogP contribution in [0.15, 0.2) is 48.5 Å². The SMILES string of the molecule is CC1CNC(C)(C)CN1COc1cccc(Cc2ccc(C(N)=O)cc2)c1. The lowest BCUT2D eigenvalue weighted by molar-refractivity contribution is 0.0357. The second kappa shape index (κ2) is 8.11. The molecule has 1 heterocycles. The average molecular weight is 367 g/mol. The fourth-order valence-corrected chi connectivity index (χ4v) is 3.37. The van der Waals surface area contributed by atoms with E-state index in [1.165, 1.54) is 5.56 Å². The minimum atomic E-state index is -0.401. The predicted molar refractivity (Wildman–Crippen MR) is 108 cm³/mol. The largest absolute Gasteiger partial charge is 0.478 e. The van der Waals surface area contributed by atoms with Gasteiger partial charge < -0.3 is 15.8 Å². The van der Waals surface area contributed by atoms with E-state index in [4.69, 9.17) is 10.5 Å². The summed E-state index contributed by atoms with van der Waals surface area (Å²) in [5.41, 5.74) is 8.24. The summed E-state index contributed by atoms with van der Waals surface area (Å²) in [6.45, 7) is 9.17. The molecule has 0 radical (unpaired) electrons. The number of primary amides is 1. The molecule has 0 bridgehead atoms. The van der Waals surface area contributed by atoms with Crippen molar-refractivity contribution in [1.82, 2.24) is 10.2 Å². The number of ether oxygens (including phenoxy) is 1. The molecule has 1 atom stereocenters. The Morgan fingerprint density at radius 3 is 2.67 bits per heavy atom. The number of hydrogen-bond donors (Lipinski definition) is 2. The van der Waals surface area contributed by atoms with Gasteiger partial charge >= 0.3 is 0 Å². The highest BCUT2D eigenvalue weighted by Crippen LogP contribution is 2.19. The molecule has 1 unspecified atom stereocenters. The second-order valence-electron chi connectivity index (χ2n) is 8.02. The number of nitrogens with zero attached hydrogens (tertiary/aromatic N) is 1. The van der Waals surface area contributed by atoms with Crippen LogP contribution in [0.1, 0.15) is 42.3 Å². The van der Waals surface area contributed by atoms with Crippen LogP contribution in [-0.2, 0) is 6.42 Å². The van der Waals surface area contributed by atoms with E-state index in [1.54, 1.807) is 12.1 Å². The zero-order chi connectivity index (χ0) is 19.4. The van der Waals surface area contributed by atoms with Gasteiger partial charge in [-0.3, -0.25) is 9.69 Å². The van der Waals surface area contributed by atoms with Gasteiger partial charge in [0, 0.05) is 30.2 Å². The van der Waals surface area contributed by atoms with Crippen LogP contribution >= 0.6 is 0 Å². The van der Waals surface area contributed by atoms with E-state index in [1.807, 2.05) is 24.3 Å². The first-order valence-electron chi connectivity index (χ1n) is 9.42. The number of rotatable bonds is 6. The number of carbonyl (C=O) groups excluding carboxylic acids is 1. The summed E-state index contributed by atoms with van der Waals surface area (Å²) in [4.78, 5) is 13.5. The summed E-state index contributed by atoms with van der Waals surface area (Å²) in [6.07, 6.45) is 0.785. The number of carbonyl (C=O) groups is 1. The Hall–Kier alpha value is -2.37. The molecule has 0 aromatic heterocycles. The lowest BCUT2D eigenvalue weighted by Gasteiger charge is -2.42. The van der Waals surface area contributed by atoms with Crippen molar-refractivity contribution in [2.24, 2.45) is 5.73 Å². The fraction of sp³-hybridized carbons (Fsp3) is 0.409. The van der Waals surface area contributed by atoms with Crippen molar-refractivity contribution in [3.8, 4) is 5.75 Å². The zero-order valence-corrected chi connectivity index (χ0v) is 16.4.